The Labute approximate surface area is 116 Å². The third-order valence-electron chi connectivity index (χ3n) is 2.76. The molecule has 2 rings (SSSR count). The second-order valence-corrected chi connectivity index (χ2v) is 4.70. The van der Waals surface area contributed by atoms with Crippen LogP contribution in [0, 0.1) is 6.92 Å². The van der Waals surface area contributed by atoms with Crippen LogP contribution in [0.5, 0.6) is 0 Å². The minimum atomic E-state index is -0.248. The lowest BCUT2D eigenvalue weighted by Crippen LogP contribution is -2.12. The molecule has 0 bridgehead atoms. The minimum absolute atomic E-state index is 0.0159. The maximum absolute atomic E-state index is 12.1. The molecule has 0 aliphatic carbocycles. The first-order valence-corrected chi connectivity index (χ1v) is 6.25. The number of aliphatic hydroxyl groups excluding tert-OH is 1. The Morgan fingerprint density at radius 3 is 2.47 bits per heavy atom. The van der Waals surface area contributed by atoms with Crippen LogP contribution in [0.25, 0.3) is 0 Å². The van der Waals surface area contributed by atoms with E-state index in [0.717, 1.165) is 11.1 Å². The number of halogens is 1. The second kappa shape index (κ2) is 5.87. The van der Waals surface area contributed by atoms with Crippen LogP contribution in [0.3, 0.4) is 0 Å². The molecule has 3 nitrogen and oxygen atoms in total. The van der Waals surface area contributed by atoms with E-state index in [4.69, 9.17) is 16.7 Å². The van der Waals surface area contributed by atoms with Crippen molar-refractivity contribution in [2.24, 2.45) is 0 Å². The van der Waals surface area contributed by atoms with Gasteiger partial charge in [0, 0.05) is 5.69 Å². The Morgan fingerprint density at radius 1 is 1.21 bits per heavy atom. The fourth-order valence-corrected chi connectivity index (χ4v) is 2.02. The van der Waals surface area contributed by atoms with Gasteiger partial charge in [-0.3, -0.25) is 4.79 Å². The summed E-state index contributed by atoms with van der Waals surface area (Å²) >= 11 is 6.04. The van der Waals surface area contributed by atoms with Crippen molar-refractivity contribution in [3.8, 4) is 0 Å². The van der Waals surface area contributed by atoms with Crippen molar-refractivity contribution in [2.45, 2.75) is 13.5 Å². The summed E-state index contributed by atoms with van der Waals surface area (Å²) in [4.78, 5) is 12.1. The Morgan fingerprint density at radius 2 is 1.89 bits per heavy atom. The van der Waals surface area contributed by atoms with E-state index in [9.17, 15) is 4.79 Å². The molecule has 0 aliphatic rings. The van der Waals surface area contributed by atoms with Gasteiger partial charge in [0.25, 0.3) is 5.91 Å². The summed E-state index contributed by atoms with van der Waals surface area (Å²) in [5.74, 6) is -0.248. The van der Waals surface area contributed by atoms with Crippen molar-refractivity contribution >= 4 is 23.2 Å². The number of carbonyl (C=O) groups is 1. The molecule has 0 radical (unpaired) electrons. The van der Waals surface area contributed by atoms with E-state index in [-0.39, 0.29) is 12.5 Å². The highest BCUT2D eigenvalue weighted by Crippen LogP contribution is 2.19. The third-order valence-corrected chi connectivity index (χ3v) is 3.08. The van der Waals surface area contributed by atoms with Gasteiger partial charge in [-0.05, 0) is 42.3 Å². The number of rotatable bonds is 3. The summed E-state index contributed by atoms with van der Waals surface area (Å²) in [6.07, 6.45) is 0. The van der Waals surface area contributed by atoms with E-state index in [1.165, 1.54) is 0 Å². The van der Waals surface area contributed by atoms with Crippen LogP contribution in [0.1, 0.15) is 21.5 Å². The smallest absolute Gasteiger partial charge is 0.257 e. The molecule has 2 aromatic rings. The van der Waals surface area contributed by atoms with Crippen molar-refractivity contribution in [1.29, 1.82) is 0 Å². The van der Waals surface area contributed by atoms with Crippen molar-refractivity contribution in [3.63, 3.8) is 0 Å². The molecule has 0 fully saturated rings. The normalized spacial score (nSPS) is 10.3. The fraction of sp³-hybridized carbons (Fsp3) is 0.133. The number of hydrogen-bond acceptors (Lipinski definition) is 2. The molecule has 1 amide bonds. The summed E-state index contributed by atoms with van der Waals surface area (Å²) in [7, 11) is 0. The molecule has 0 saturated carbocycles. The second-order valence-electron chi connectivity index (χ2n) is 4.29. The number of anilines is 1. The highest BCUT2D eigenvalue weighted by Gasteiger charge is 2.10. The lowest BCUT2D eigenvalue weighted by atomic mass is 10.1. The van der Waals surface area contributed by atoms with Gasteiger partial charge in [0.2, 0.25) is 0 Å². The summed E-state index contributed by atoms with van der Waals surface area (Å²) in [5, 5.41) is 12.1. The quantitative estimate of drug-likeness (QED) is 0.902. The zero-order valence-electron chi connectivity index (χ0n) is 10.5. The predicted octanol–water partition coefficient (Wildman–Crippen LogP) is 3.39. The summed E-state index contributed by atoms with van der Waals surface area (Å²) in [6.45, 7) is 1.90. The SMILES string of the molecule is Cc1ccc(C(=O)Nc2ccc(CO)cc2)c(Cl)c1. The molecule has 0 aromatic heterocycles. The van der Waals surface area contributed by atoms with E-state index in [1.807, 2.05) is 13.0 Å². The number of nitrogens with one attached hydrogen (secondary N) is 1. The van der Waals surface area contributed by atoms with Crippen LogP contribution in [-0.2, 0) is 6.61 Å². The largest absolute Gasteiger partial charge is 0.392 e. The zero-order valence-corrected chi connectivity index (χ0v) is 11.2. The van der Waals surface area contributed by atoms with Gasteiger partial charge >= 0.3 is 0 Å². The van der Waals surface area contributed by atoms with E-state index in [1.54, 1.807) is 36.4 Å². The van der Waals surface area contributed by atoms with Gasteiger partial charge in [0.15, 0.2) is 0 Å². The summed E-state index contributed by atoms with van der Waals surface area (Å²) in [6, 6.07) is 12.3. The van der Waals surface area contributed by atoms with Gasteiger partial charge in [-0.15, -0.1) is 0 Å². The molecular formula is C15H14ClNO2. The van der Waals surface area contributed by atoms with Crippen molar-refractivity contribution in [2.75, 3.05) is 5.32 Å². The number of amides is 1. The Hall–Kier alpha value is -1.84. The zero-order chi connectivity index (χ0) is 13.8. The lowest BCUT2D eigenvalue weighted by Gasteiger charge is -2.08. The van der Waals surface area contributed by atoms with Gasteiger partial charge in [-0.2, -0.15) is 0 Å². The number of aryl methyl sites for hydroxylation is 1. The van der Waals surface area contributed by atoms with Gasteiger partial charge in [-0.1, -0.05) is 29.8 Å². The summed E-state index contributed by atoms with van der Waals surface area (Å²) in [5.41, 5.74) is 2.91. The monoisotopic (exact) mass is 275 g/mol. The first kappa shape index (κ1) is 13.6. The molecule has 4 heteroatoms. The average molecular weight is 276 g/mol. The highest BCUT2D eigenvalue weighted by molar-refractivity contribution is 6.34. The molecule has 0 spiro atoms. The van der Waals surface area contributed by atoms with Gasteiger partial charge < -0.3 is 10.4 Å². The van der Waals surface area contributed by atoms with E-state index < -0.39 is 0 Å². The van der Waals surface area contributed by atoms with E-state index in [2.05, 4.69) is 5.32 Å². The molecule has 0 aliphatic heterocycles. The van der Waals surface area contributed by atoms with Crippen LogP contribution in [0.2, 0.25) is 5.02 Å². The molecule has 98 valence electrons. The van der Waals surface area contributed by atoms with Gasteiger partial charge in [0.05, 0.1) is 17.2 Å². The number of carbonyl (C=O) groups excluding carboxylic acids is 1. The van der Waals surface area contributed by atoms with Crippen LogP contribution in [0.4, 0.5) is 5.69 Å². The molecule has 0 heterocycles. The standard InChI is InChI=1S/C15H14ClNO2/c1-10-2-7-13(14(16)8-10)15(19)17-12-5-3-11(9-18)4-6-12/h2-8,18H,9H2,1H3,(H,17,19). The summed E-state index contributed by atoms with van der Waals surface area (Å²) < 4.78 is 0. The average Bonchev–Trinajstić information content (AvgIpc) is 2.39. The topological polar surface area (TPSA) is 49.3 Å². The van der Waals surface area contributed by atoms with Crippen LogP contribution >= 0.6 is 11.6 Å². The van der Waals surface area contributed by atoms with E-state index in [0.29, 0.717) is 16.3 Å². The van der Waals surface area contributed by atoms with Crippen molar-refractivity contribution < 1.29 is 9.90 Å². The Bertz CT molecular complexity index is 594. The third kappa shape index (κ3) is 3.34. The molecule has 0 atom stereocenters. The Balaban J connectivity index is 2.15. The minimum Gasteiger partial charge on any atom is -0.392 e. The first-order valence-electron chi connectivity index (χ1n) is 5.87. The first-order chi connectivity index (χ1) is 9.10. The van der Waals surface area contributed by atoms with Crippen LogP contribution < -0.4 is 5.32 Å². The van der Waals surface area contributed by atoms with Crippen molar-refractivity contribution in [3.05, 3.63) is 64.2 Å². The maximum Gasteiger partial charge on any atom is 0.257 e. The van der Waals surface area contributed by atoms with Gasteiger partial charge in [-0.25, -0.2) is 0 Å². The number of hydrogen-bond donors (Lipinski definition) is 2. The lowest BCUT2D eigenvalue weighted by molar-refractivity contribution is 0.102. The van der Waals surface area contributed by atoms with Crippen LogP contribution in [0.15, 0.2) is 42.5 Å². The van der Waals surface area contributed by atoms with Crippen LogP contribution in [-0.4, -0.2) is 11.0 Å². The molecular weight excluding hydrogens is 262 g/mol. The molecule has 0 saturated heterocycles. The number of aliphatic hydroxyl groups is 1. The molecule has 0 unspecified atom stereocenters. The fourth-order valence-electron chi connectivity index (χ4n) is 1.70. The molecule has 2 N–H and O–H groups in total. The molecule has 2 aromatic carbocycles. The number of benzene rings is 2. The van der Waals surface area contributed by atoms with E-state index >= 15 is 0 Å². The highest BCUT2D eigenvalue weighted by atomic mass is 35.5. The van der Waals surface area contributed by atoms with Gasteiger partial charge in [0.1, 0.15) is 0 Å². The van der Waals surface area contributed by atoms with Crippen molar-refractivity contribution in [1.82, 2.24) is 0 Å². The maximum atomic E-state index is 12.1. The predicted molar refractivity (Wildman–Crippen MR) is 76.5 cm³/mol. The molecule has 19 heavy (non-hydrogen) atoms. The Kier molecular flexibility index (Phi) is 4.20.